The average molecular weight is 478 g/mol. The molecule has 7 heteroatoms. The van der Waals surface area contributed by atoms with Crippen molar-refractivity contribution in [3.8, 4) is 5.00 Å². The molecule has 0 saturated carbocycles. The molecular weight excluding hydrogens is 446 g/mol. The molecule has 0 saturated heterocycles. The van der Waals surface area contributed by atoms with Crippen molar-refractivity contribution in [2.24, 2.45) is 0 Å². The Labute approximate surface area is 204 Å². The third-order valence-electron chi connectivity index (χ3n) is 6.83. The van der Waals surface area contributed by atoms with Gasteiger partial charge in [0.25, 0.3) is 0 Å². The average Bonchev–Trinajstić information content (AvgIpc) is 3.45. The second-order valence-electron chi connectivity index (χ2n) is 8.89. The van der Waals surface area contributed by atoms with Gasteiger partial charge in [-0.3, -0.25) is 4.79 Å². The number of hydrogen-bond donors (Lipinski definition) is 1. The normalized spacial score (nSPS) is 16.8. The van der Waals surface area contributed by atoms with Gasteiger partial charge >= 0.3 is 12.0 Å². The van der Waals surface area contributed by atoms with Crippen molar-refractivity contribution in [3.05, 3.63) is 75.4 Å². The van der Waals surface area contributed by atoms with E-state index in [-0.39, 0.29) is 18.6 Å². The van der Waals surface area contributed by atoms with Gasteiger partial charge in [-0.05, 0) is 67.9 Å². The smallest absolute Gasteiger partial charge is 0.325 e. The molecule has 178 valence electrons. The largest absolute Gasteiger partial charge is 0.465 e. The van der Waals surface area contributed by atoms with E-state index in [0.29, 0.717) is 13.2 Å². The Bertz CT molecular complexity index is 1190. The number of amides is 2. The third kappa shape index (κ3) is 4.13. The van der Waals surface area contributed by atoms with E-state index in [4.69, 9.17) is 4.74 Å². The van der Waals surface area contributed by atoms with Crippen LogP contribution >= 0.6 is 11.3 Å². The van der Waals surface area contributed by atoms with Crippen LogP contribution in [0.5, 0.6) is 0 Å². The first kappa shape index (κ1) is 22.7. The minimum Gasteiger partial charge on any atom is -0.465 e. The van der Waals surface area contributed by atoms with Gasteiger partial charge in [0.05, 0.1) is 24.9 Å². The van der Waals surface area contributed by atoms with Crippen LogP contribution in [0.25, 0.3) is 5.00 Å². The van der Waals surface area contributed by atoms with Gasteiger partial charge in [-0.25, -0.2) is 4.79 Å². The van der Waals surface area contributed by atoms with Crippen molar-refractivity contribution < 1.29 is 14.3 Å². The number of carbonyl (C=O) groups is 2. The molecule has 1 N–H and O–H groups in total. The molecule has 1 aromatic carbocycles. The Kier molecular flexibility index (Phi) is 6.46. The molecule has 3 heterocycles. The first-order valence-corrected chi connectivity index (χ1v) is 13.0. The van der Waals surface area contributed by atoms with E-state index in [1.54, 1.807) is 6.92 Å². The van der Waals surface area contributed by atoms with Gasteiger partial charge in [0, 0.05) is 16.6 Å². The summed E-state index contributed by atoms with van der Waals surface area (Å²) in [5.74, 6) is -0.425. The molecule has 5 rings (SSSR count). The van der Waals surface area contributed by atoms with Gasteiger partial charge in [-0.2, -0.15) is 0 Å². The first-order chi connectivity index (χ1) is 16.6. The Morgan fingerprint density at radius 2 is 1.88 bits per heavy atom. The highest BCUT2D eigenvalue weighted by Gasteiger charge is 2.36. The number of fused-ring (bicyclic) bond motifs is 5. The van der Waals surface area contributed by atoms with Gasteiger partial charge in [0.1, 0.15) is 11.5 Å². The number of esters is 1. The number of carbonyl (C=O) groups excluding carboxylic acids is 2. The highest BCUT2D eigenvalue weighted by Crippen LogP contribution is 2.44. The Balaban J connectivity index is 1.59. The molecule has 2 amide bonds. The Morgan fingerprint density at radius 1 is 1.09 bits per heavy atom. The fourth-order valence-corrected chi connectivity index (χ4v) is 6.54. The van der Waals surface area contributed by atoms with Crippen LogP contribution in [0.15, 0.2) is 42.6 Å². The van der Waals surface area contributed by atoms with Crippen molar-refractivity contribution >= 4 is 23.3 Å². The van der Waals surface area contributed by atoms with Crippen LogP contribution < -0.4 is 5.32 Å². The summed E-state index contributed by atoms with van der Waals surface area (Å²) in [7, 11) is 0. The monoisotopic (exact) mass is 477 g/mol. The maximum Gasteiger partial charge on any atom is 0.325 e. The summed E-state index contributed by atoms with van der Waals surface area (Å²) in [5, 5.41) is 4.04. The van der Waals surface area contributed by atoms with Gasteiger partial charge in [0.2, 0.25) is 0 Å². The van der Waals surface area contributed by atoms with Crippen molar-refractivity contribution in [1.82, 2.24) is 14.8 Å². The molecule has 3 aromatic rings. The van der Waals surface area contributed by atoms with Gasteiger partial charge in [-0.1, -0.05) is 31.2 Å². The minimum atomic E-state index is -0.425. The lowest BCUT2D eigenvalue weighted by Gasteiger charge is -2.31. The summed E-state index contributed by atoms with van der Waals surface area (Å²) >= 11 is 1.87. The van der Waals surface area contributed by atoms with Crippen molar-refractivity contribution in [1.29, 1.82) is 0 Å². The number of nitrogens with one attached hydrogen (secondary N) is 1. The molecule has 1 atom stereocenters. The van der Waals surface area contributed by atoms with Crippen LogP contribution in [-0.4, -0.2) is 34.6 Å². The quantitative estimate of drug-likeness (QED) is 0.517. The maximum atomic E-state index is 13.6. The lowest BCUT2D eigenvalue weighted by Crippen LogP contribution is -2.44. The molecule has 0 unspecified atom stereocenters. The zero-order valence-electron chi connectivity index (χ0n) is 19.8. The summed E-state index contributed by atoms with van der Waals surface area (Å²) in [6.07, 6.45) is 7.66. The predicted molar refractivity (Wildman–Crippen MR) is 134 cm³/mol. The second-order valence-corrected chi connectivity index (χ2v) is 9.97. The summed E-state index contributed by atoms with van der Waals surface area (Å²) in [4.78, 5) is 28.9. The molecular formula is C27H31N3O3S. The van der Waals surface area contributed by atoms with Gasteiger partial charge in [-0.15, -0.1) is 11.3 Å². The number of hydrogen-bond acceptors (Lipinski definition) is 4. The van der Waals surface area contributed by atoms with E-state index in [1.807, 2.05) is 16.2 Å². The van der Waals surface area contributed by atoms with Crippen LogP contribution in [0.4, 0.5) is 4.79 Å². The number of rotatable bonds is 5. The molecule has 2 aliphatic rings. The second kappa shape index (κ2) is 9.66. The summed E-state index contributed by atoms with van der Waals surface area (Å²) < 4.78 is 7.30. The van der Waals surface area contributed by atoms with E-state index in [2.05, 4.69) is 59.4 Å². The molecule has 0 fully saturated rings. The highest BCUT2D eigenvalue weighted by molar-refractivity contribution is 7.15. The van der Waals surface area contributed by atoms with E-state index < -0.39 is 5.97 Å². The SMILES string of the molecule is CCOC(=O)CNC(=O)N1Cc2c(sc3c2CCCC3)-n2cccc2[C@@H]1c1ccc(CC)cc1. The summed E-state index contributed by atoms with van der Waals surface area (Å²) in [5.41, 5.74) is 6.05. The highest BCUT2D eigenvalue weighted by atomic mass is 32.1. The van der Waals surface area contributed by atoms with Crippen LogP contribution in [-0.2, 0) is 35.3 Å². The van der Waals surface area contributed by atoms with Crippen molar-refractivity contribution in [3.63, 3.8) is 0 Å². The van der Waals surface area contributed by atoms with E-state index in [0.717, 1.165) is 30.5 Å². The first-order valence-electron chi connectivity index (χ1n) is 12.2. The van der Waals surface area contributed by atoms with Crippen LogP contribution in [0.3, 0.4) is 0 Å². The van der Waals surface area contributed by atoms with E-state index in [9.17, 15) is 9.59 Å². The topological polar surface area (TPSA) is 63.6 Å². The van der Waals surface area contributed by atoms with Crippen LogP contribution in [0.2, 0.25) is 0 Å². The molecule has 1 aliphatic heterocycles. The molecule has 0 spiro atoms. The fraction of sp³-hybridized carbons (Fsp3) is 0.407. The zero-order chi connectivity index (χ0) is 23.7. The molecule has 34 heavy (non-hydrogen) atoms. The number of aryl methyl sites for hydroxylation is 2. The standard InChI is InChI=1S/C27H31N3O3S/c1-3-18-11-13-19(14-12-18)25-22-9-7-15-29(22)26-21(20-8-5-6-10-23(20)34-26)17-30(25)27(32)28-16-24(31)33-4-2/h7,9,11-15,25H,3-6,8,10,16-17H2,1-2H3,(H,28,32)/t25-/m0/s1. The van der Waals surface area contributed by atoms with E-state index >= 15 is 0 Å². The van der Waals surface area contributed by atoms with Gasteiger partial charge in [0.15, 0.2) is 0 Å². The number of ether oxygens (including phenoxy) is 1. The summed E-state index contributed by atoms with van der Waals surface area (Å²) in [6, 6.07) is 12.2. The molecule has 0 radical (unpaired) electrons. The lowest BCUT2D eigenvalue weighted by atomic mass is 9.95. The van der Waals surface area contributed by atoms with Gasteiger partial charge < -0.3 is 19.5 Å². The van der Waals surface area contributed by atoms with Crippen LogP contribution in [0.1, 0.15) is 65.6 Å². The number of urea groups is 1. The Hall–Kier alpha value is -3.06. The molecule has 2 aromatic heterocycles. The molecule has 1 aliphatic carbocycles. The zero-order valence-corrected chi connectivity index (χ0v) is 20.6. The van der Waals surface area contributed by atoms with Crippen LogP contribution in [0, 0.1) is 0 Å². The minimum absolute atomic E-state index is 0.139. The van der Waals surface area contributed by atoms with E-state index in [1.165, 1.54) is 39.4 Å². The number of nitrogens with zero attached hydrogens (tertiary/aromatic N) is 2. The number of aromatic nitrogens is 1. The molecule has 6 nitrogen and oxygen atoms in total. The van der Waals surface area contributed by atoms with Crippen molar-refractivity contribution in [2.45, 2.75) is 58.5 Å². The van der Waals surface area contributed by atoms with Crippen molar-refractivity contribution in [2.75, 3.05) is 13.2 Å². The number of thiophene rings is 1. The Morgan fingerprint density at radius 3 is 2.65 bits per heavy atom. The fourth-order valence-electron chi connectivity index (χ4n) is 5.13. The lowest BCUT2D eigenvalue weighted by molar-refractivity contribution is -0.141. The third-order valence-corrected chi connectivity index (χ3v) is 8.17. The maximum absolute atomic E-state index is 13.6. The predicted octanol–water partition coefficient (Wildman–Crippen LogP) is 5.16. The molecule has 0 bridgehead atoms. The number of benzene rings is 1. The summed E-state index contributed by atoms with van der Waals surface area (Å²) in [6.45, 7) is 4.57.